The molecular formula is C18H21NO3S. The fourth-order valence-corrected chi connectivity index (χ4v) is 3.62. The van der Waals surface area contributed by atoms with Crippen LogP contribution in [0.4, 0.5) is 5.69 Å². The molecule has 1 unspecified atom stereocenters. The first-order chi connectivity index (χ1) is 10.8. The molecule has 0 heterocycles. The van der Waals surface area contributed by atoms with Gasteiger partial charge in [-0.05, 0) is 31.5 Å². The SMILES string of the molecule is Cc1ccc(CS(=O)(=O)C(C)C(=O)N(C)c2ccccc2)cc1. The zero-order chi connectivity index (χ0) is 17.0. The van der Waals surface area contributed by atoms with Crippen molar-refractivity contribution >= 4 is 21.4 Å². The van der Waals surface area contributed by atoms with Gasteiger partial charge in [0.05, 0.1) is 5.75 Å². The number of anilines is 1. The number of benzene rings is 2. The van der Waals surface area contributed by atoms with Crippen molar-refractivity contribution < 1.29 is 13.2 Å². The van der Waals surface area contributed by atoms with Crippen LogP contribution in [0.25, 0.3) is 0 Å². The predicted molar refractivity (Wildman–Crippen MR) is 93.1 cm³/mol. The molecule has 1 atom stereocenters. The van der Waals surface area contributed by atoms with Crippen molar-refractivity contribution in [1.82, 2.24) is 0 Å². The Balaban J connectivity index is 2.15. The molecule has 2 aromatic rings. The monoisotopic (exact) mass is 331 g/mol. The molecule has 0 fully saturated rings. The normalized spacial score (nSPS) is 12.7. The van der Waals surface area contributed by atoms with Gasteiger partial charge in [-0.1, -0.05) is 48.0 Å². The van der Waals surface area contributed by atoms with Gasteiger partial charge in [0, 0.05) is 12.7 Å². The maximum absolute atomic E-state index is 12.5. The molecule has 5 heteroatoms. The lowest BCUT2D eigenvalue weighted by atomic mass is 10.2. The van der Waals surface area contributed by atoms with Gasteiger partial charge in [-0.25, -0.2) is 8.42 Å². The molecule has 122 valence electrons. The number of carbonyl (C=O) groups excluding carboxylic acids is 1. The highest BCUT2D eigenvalue weighted by molar-refractivity contribution is 7.92. The molecule has 0 bridgehead atoms. The van der Waals surface area contributed by atoms with Gasteiger partial charge >= 0.3 is 0 Å². The molecule has 0 aliphatic heterocycles. The van der Waals surface area contributed by atoms with E-state index in [9.17, 15) is 13.2 Å². The van der Waals surface area contributed by atoms with Crippen molar-refractivity contribution in [1.29, 1.82) is 0 Å². The lowest BCUT2D eigenvalue weighted by molar-refractivity contribution is -0.117. The minimum absolute atomic E-state index is 0.136. The summed E-state index contributed by atoms with van der Waals surface area (Å²) >= 11 is 0. The highest BCUT2D eigenvalue weighted by Crippen LogP contribution is 2.18. The molecule has 0 saturated heterocycles. The summed E-state index contributed by atoms with van der Waals surface area (Å²) in [6.45, 7) is 3.39. The summed E-state index contributed by atoms with van der Waals surface area (Å²) in [5.41, 5.74) is 2.44. The third-order valence-electron chi connectivity index (χ3n) is 3.85. The molecule has 23 heavy (non-hydrogen) atoms. The molecule has 0 aromatic heterocycles. The Morgan fingerprint density at radius 2 is 1.61 bits per heavy atom. The van der Waals surface area contributed by atoms with Crippen LogP contribution in [0.5, 0.6) is 0 Å². The second kappa shape index (κ2) is 6.96. The lowest BCUT2D eigenvalue weighted by Crippen LogP contribution is -2.39. The maximum Gasteiger partial charge on any atom is 0.244 e. The number of aryl methyl sites for hydroxylation is 1. The van der Waals surface area contributed by atoms with E-state index in [4.69, 9.17) is 0 Å². The smallest absolute Gasteiger partial charge is 0.244 e. The predicted octanol–water partition coefficient (Wildman–Crippen LogP) is 2.96. The highest BCUT2D eigenvalue weighted by atomic mass is 32.2. The summed E-state index contributed by atoms with van der Waals surface area (Å²) in [7, 11) is -1.98. The maximum atomic E-state index is 12.5. The Hall–Kier alpha value is -2.14. The van der Waals surface area contributed by atoms with Gasteiger partial charge < -0.3 is 4.90 Å². The van der Waals surface area contributed by atoms with Gasteiger partial charge in [0.25, 0.3) is 0 Å². The number of nitrogens with zero attached hydrogens (tertiary/aromatic N) is 1. The van der Waals surface area contributed by atoms with E-state index >= 15 is 0 Å². The van der Waals surface area contributed by atoms with E-state index in [-0.39, 0.29) is 5.75 Å². The fraction of sp³-hybridized carbons (Fsp3) is 0.278. The first-order valence-corrected chi connectivity index (χ1v) is 9.12. The summed E-state index contributed by atoms with van der Waals surface area (Å²) in [5.74, 6) is -0.564. The van der Waals surface area contributed by atoms with E-state index in [2.05, 4.69) is 0 Å². The molecule has 4 nitrogen and oxygen atoms in total. The van der Waals surface area contributed by atoms with E-state index in [1.54, 1.807) is 31.3 Å². The quantitative estimate of drug-likeness (QED) is 0.846. The average molecular weight is 331 g/mol. The van der Waals surface area contributed by atoms with E-state index in [1.807, 2.05) is 37.3 Å². The third kappa shape index (κ3) is 4.20. The Morgan fingerprint density at radius 3 is 2.17 bits per heavy atom. The van der Waals surface area contributed by atoms with E-state index in [1.165, 1.54) is 11.8 Å². The summed E-state index contributed by atoms with van der Waals surface area (Å²) < 4.78 is 25.0. The molecule has 0 N–H and O–H groups in total. The Labute approximate surface area is 137 Å². The van der Waals surface area contributed by atoms with E-state index < -0.39 is 21.0 Å². The molecule has 0 radical (unpaired) electrons. The first kappa shape index (κ1) is 17.2. The number of amides is 1. The van der Waals surface area contributed by atoms with Crippen LogP contribution in [0.15, 0.2) is 54.6 Å². The number of carbonyl (C=O) groups is 1. The van der Waals surface area contributed by atoms with Crippen molar-refractivity contribution in [2.45, 2.75) is 24.9 Å². The van der Waals surface area contributed by atoms with Crippen LogP contribution >= 0.6 is 0 Å². The molecule has 0 spiro atoms. The Kier molecular flexibility index (Phi) is 5.21. The third-order valence-corrected chi connectivity index (χ3v) is 5.86. The van der Waals surface area contributed by atoms with E-state index in [0.717, 1.165) is 5.56 Å². The van der Waals surface area contributed by atoms with Crippen LogP contribution in [-0.2, 0) is 20.4 Å². The van der Waals surface area contributed by atoms with Gasteiger partial charge in [-0.3, -0.25) is 4.79 Å². The van der Waals surface area contributed by atoms with Crippen LogP contribution in [0, 0.1) is 6.92 Å². The number of hydrogen-bond acceptors (Lipinski definition) is 3. The number of rotatable bonds is 5. The largest absolute Gasteiger partial charge is 0.314 e. The molecule has 1 amide bonds. The average Bonchev–Trinajstić information content (AvgIpc) is 2.55. The highest BCUT2D eigenvalue weighted by Gasteiger charge is 2.30. The lowest BCUT2D eigenvalue weighted by Gasteiger charge is -2.21. The molecular weight excluding hydrogens is 310 g/mol. The number of sulfone groups is 1. The van der Waals surface area contributed by atoms with Gasteiger partial charge in [-0.15, -0.1) is 0 Å². The van der Waals surface area contributed by atoms with Crippen molar-refractivity contribution in [3.63, 3.8) is 0 Å². The van der Waals surface area contributed by atoms with Gasteiger partial charge in [-0.2, -0.15) is 0 Å². The standard InChI is InChI=1S/C18H21NO3S/c1-14-9-11-16(12-10-14)13-23(21,22)15(2)18(20)19(3)17-7-5-4-6-8-17/h4-12,15H,13H2,1-3H3. The van der Waals surface area contributed by atoms with Gasteiger partial charge in [0.2, 0.25) is 5.91 Å². The topological polar surface area (TPSA) is 54.5 Å². The summed E-state index contributed by atoms with van der Waals surface area (Å²) in [6, 6.07) is 16.3. The van der Waals surface area contributed by atoms with Crippen LogP contribution in [0.1, 0.15) is 18.1 Å². The summed E-state index contributed by atoms with van der Waals surface area (Å²) in [4.78, 5) is 13.9. The van der Waals surface area contributed by atoms with Crippen LogP contribution in [0.2, 0.25) is 0 Å². The van der Waals surface area contributed by atoms with Gasteiger partial charge in [0.1, 0.15) is 5.25 Å². The summed E-state index contributed by atoms with van der Waals surface area (Å²) in [6.07, 6.45) is 0. The summed E-state index contributed by atoms with van der Waals surface area (Å²) in [5, 5.41) is -1.09. The number of para-hydroxylation sites is 1. The van der Waals surface area contributed by atoms with Crippen molar-refractivity contribution in [3.05, 3.63) is 65.7 Å². The molecule has 2 aromatic carbocycles. The Morgan fingerprint density at radius 1 is 1.04 bits per heavy atom. The molecule has 0 saturated carbocycles. The van der Waals surface area contributed by atoms with Crippen LogP contribution < -0.4 is 4.90 Å². The minimum Gasteiger partial charge on any atom is -0.314 e. The molecule has 0 aliphatic carbocycles. The van der Waals surface area contributed by atoms with Crippen LogP contribution in [-0.4, -0.2) is 26.6 Å². The van der Waals surface area contributed by atoms with Crippen molar-refractivity contribution in [3.8, 4) is 0 Å². The van der Waals surface area contributed by atoms with Crippen molar-refractivity contribution in [2.75, 3.05) is 11.9 Å². The molecule has 0 aliphatic rings. The zero-order valence-electron chi connectivity index (χ0n) is 13.6. The van der Waals surface area contributed by atoms with E-state index in [0.29, 0.717) is 11.3 Å². The van der Waals surface area contributed by atoms with Gasteiger partial charge in [0.15, 0.2) is 9.84 Å². The molecule has 2 rings (SSSR count). The Bertz CT molecular complexity index is 768. The first-order valence-electron chi connectivity index (χ1n) is 7.41. The second-order valence-corrected chi connectivity index (χ2v) is 7.99. The minimum atomic E-state index is -3.57. The second-order valence-electron chi connectivity index (χ2n) is 5.67. The van der Waals surface area contributed by atoms with Crippen molar-refractivity contribution in [2.24, 2.45) is 0 Å². The van der Waals surface area contributed by atoms with Crippen LogP contribution in [0.3, 0.4) is 0 Å². The number of hydrogen-bond donors (Lipinski definition) is 0. The zero-order valence-corrected chi connectivity index (χ0v) is 14.4. The fourth-order valence-electron chi connectivity index (χ4n) is 2.25.